The van der Waals surface area contributed by atoms with Crippen LogP contribution in [0.15, 0.2) is 42.5 Å². The monoisotopic (exact) mass is 526 g/mol. The minimum atomic E-state index is -0.992. The summed E-state index contributed by atoms with van der Waals surface area (Å²) < 4.78 is 12.4. The van der Waals surface area contributed by atoms with Crippen LogP contribution in [0.2, 0.25) is 0 Å². The average Bonchev–Trinajstić information content (AvgIpc) is 3.67. The number of likely N-dealkylation sites (N-methyl/N-ethyl adjacent to an activating group) is 1. The molecule has 1 spiro atoms. The molecule has 2 heterocycles. The molecule has 0 unspecified atom stereocenters. The third-order valence-corrected chi connectivity index (χ3v) is 9.88. The molecule has 0 radical (unpaired) electrons. The number of aliphatic hydroxyl groups is 1. The van der Waals surface area contributed by atoms with E-state index in [2.05, 4.69) is 16.7 Å². The number of piperidine rings is 1. The van der Waals surface area contributed by atoms with Gasteiger partial charge in [0.1, 0.15) is 6.10 Å². The van der Waals surface area contributed by atoms with E-state index < -0.39 is 23.1 Å². The Morgan fingerprint density at radius 2 is 1.95 bits per heavy atom. The zero-order valence-corrected chi connectivity index (χ0v) is 22.5. The van der Waals surface area contributed by atoms with Gasteiger partial charge in [0, 0.05) is 43.6 Å². The van der Waals surface area contributed by atoms with E-state index in [1.807, 2.05) is 42.5 Å². The van der Waals surface area contributed by atoms with Gasteiger partial charge in [-0.1, -0.05) is 30.2 Å². The number of carbonyl (C=O) groups excluding carboxylic acids is 2. The molecule has 2 saturated carbocycles. The Morgan fingerprint density at radius 3 is 2.69 bits per heavy atom. The normalized spacial score (nSPS) is 31.8. The molecule has 7 heteroatoms. The number of esters is 1. The molecular weight excluding hydrogens is 492 g/mol. The predicted octanol–water partition coefficient (Wildman–Crippen LogP) is 3.05. The van der Waals surface area contributed by atoms with Gasteiger partial charge in [0.25, 0.3) is 5.91 Å². The fraction of sp³-hybridized carbons (Fsp3) is 0.500. The molecule has 2 aromatic carbocycles. The van der Waals surface area contributed by atoms with E-state index in [0.717, 1.165) is 48.5 Å². The summed E-state index contributed by atoms with van der Waals surface area (Å²) >= 11 is 0. The topological polar surface area (TPSA) is 79.3 Å². The van der Waals surface area contributed by atoms with Crippen molar-refractivity contribution in [1.29, 1.82) is 0 Å². The van der Waals surface area contributed by atoms with Crippen LogP contribution in [0.4, 0.5) is 0 Å². The molecule has 3 aliphatic carbocycles. The van der Waals surface area contributed by atoms with Crippen molar-refractivity contribution in [3.63, 3.8) is 0 Å². The van der Waals surface area contributed by atoms with Gasteiger partial charge >= 0.3 is 5.97 Å². The SMILES string of the molecule is CC(=O)Oc1ccc2c3c1O[C@H]1[C@@H](N(C)C(=O)C#Cc4ccccc4)CC[C@@]4(O)[C@@H](C2)N(CC2CC2)CC[C@]314. The Hall–Kier alpha value is -3.34. The summed E-state index contributed by atoms with van der Waals surface area (Å²) in [6, 6.07) is 13.1. The van der Waals surface area contributed by atoms with Crippen molar-refractivity contribution >= 4 is 11.9 Å². The number of hydrogen-bond acceptors (Lipinski definition) is 6. The first-order chi connectivity index (χ1) is 18.8. The zero-order valence-electron chi connectivity index (χ0n) is 22.5. The molecule has 2 aromatic rings. The number of benzene rings is 2. The van der Waals surface area contributed by atoms with Crippen LogP contribution in [-0.4, -0.2) is 70.7 Å². The van der Waals surface area contributed by atoms with Crippen molar-refractivity contribution in [2.75, 3.05) is 20.1 Å². The van der Waals surface area contributed by atoms with Gasteiger partial charge in [-0.3, -0.25) is 14.5 Å². The third-order valence-electron chi connectivity index (χ3n) is 9.88. The number of rotatable bonds is 4. The van der Waals surface area contributed by atoms with Crippen LogP contribution >= 0.6 is 0 Å². The molecular formula is C32H34N2O5. The lowest BCUT2D eigenvalue weighted by Gasteiger charge is -2.64. The molecule has 202 valence electrons. The van der Waals surface area contributed by atoms with Crippen molar-refractivity contribution in [1.82, 2.24) is 9.80 Å². The van der Waals surface area contributed by atoms with Gasteiger partial charge < -0.3 is 19.5 Å². The predicted molar refractivity (Wildman–Crippen MR) is 144 cm³/mol. The number of carbonyl (C=O) groups is 2. The zero-order chi connectivity index (χ0) is 26.9. The number of likely N-dealkylation sites (tertiary alicyclic amines) is 1. The molecule has 0 aromatic heterocycles. The van der Waals surface area contributed by atoms with Crippen LogP contribution in [0.5, 0.6) is 11.5 Å². The van der Waals surface area contributed by atoms with E-state index in [4.69, 9.17) is 9.47 Å². The molecule has 2 bridgehead atoms. The maximum atomic E-state index is 13.3. The summed E-state index contributed by atoms with van der Waals surface area (Å²) in [7, 11) is 1.79. The number of amides is 1. The molecule has 1 saturated heterocycles. The number of ether oxygens (including phenoxy) is 2. The van der Waals surface area contributed by atoms with E-state index in [-0.39, 0.29) is 18.0 Å². The summed E-state index contributed by atoms with van der Waals surface area (Å²) in [5.74, 6) is 6.79. The average molecular weight is 527 g/mol. The van der Waals surface area contributed by atoms with Crippen molar-refractivity contribution in [2.45, 2.75) is 74.7 Å². The summed E-state index contributed by atoms with van der Waals surface area (Å²) in [4.78, 5) is 29.5. The number of nitrogens with zero attached hydrogens (tertiary/aromatic N) is 2. The summed E-state index contributed by atoms with van der Waals surface area (Å²) in [6.07, 6.45) is 4.73. The maximum absolute atomic E-state index is 13.3. The van der Waals surface area contributed by atoms with Gasteiger partial charge in [0.15, 0.2) is 11.5 Å². The Balaban J connectivity index is 1.29. The molecule has 3 fully saturated rings. The Labute approximate surface area is 229 Å². The van der Waals surface area contributed by atoms with Crippen LogP contribution in [0.25, 0.3) is 0 Å². The maximum Gasteiger partial charge on any atom is 0.308 e. The van der Waals surface area contributed by atoms with Crippen LogP contribution in [0.3, 0.4) is 0 Å². The molecule has 5 aliphatic rings. The largest absolute Gasteiger partial charge is 0.483 e. The van der Waals surface area contributed by atoms with E-state index in [9.17, 15) is 14.7 Å². The lowest BCUT2D eigenvalue weighted by atomic mass is 9.48. The van der Waals surface area contributed by atoms with E-state index in [0.29, 0.717) is 24.3 Å². The summed E-state index contributed by atoms with van der Waals surface area (Å²) in [5.41, 5.74) is 1.25. The number of hydrogen-bond donors (Lipinski definition) is 1. The van der Waals surface area contributed by atoms with Gasteiger partial charge in [-0.05, 0) is 74.8 Å². The quantitative estimate of drug-likeness (QED) is 0.375. The summed E-state index contributed by atoms with van der Waals surface area (Å²) in [5, 5.41) is 12.7. The van der Waals surface area contributed by atoms with E-state index in [1.54, 1.807) is 11.9 Å². The minimum Gasteiger partial charge on any atom is -0.483 e. The highest BCUT2D eigenvalue weighted by Crippen LogP contribution is 2.66. The van der Waals surface area contributed by atoms with Crippen molar-refractivity contribution in [3.05, 3.63) is 59.2 Å². The second kappa shape index (κ2) is 8.84. The third kappa shape index (κ3) is 3.65. The molecule has 7 nitrogen and oxygen atoms in total. The second-order valence-corrected chi connectivity index (χ2v) is 12.0. The first kappa shape index (κ1) is 24.7. The van der Waals surface area contributed by atoms with Gasteiger partial charge in [0.2, 0.25) is 0 Å². The lowest BCUT2D eigenvalue weighted by molar-refractivity contribution is -0.199. The van der Waals surface area contributed by atoms with Gasteiger partial charge in [-0.2, -0.15) is 0 Å². The standard InChI is InChI=1S/C32H34N2O5/c1-20(35)38-25-12-11-23-18-26-32(37)15-14-24(33(2)27(36)13-10-21-6-4-3-5-7-21)30-31(32,28(23)29(25)39-30)16-17-34(26)19-22-8-9-22/h3-7,11-12,22,24,26,30,37H,8-9,14-19H2,1-2H3/t24-,26+,30-,31-,32+/m0/s1. The minimum absolute atomic E-state index is 0.00388. The molecule has 7 rings (SSSR count). The van der Waals surface area contributed by atoms with E-state index in [1.165, 1.54) is 19.8 Å². The van der Waals surface area contributed by atoms with Gasteiger partial charge in [-0.15, -0.1) is 0 Å². The van der Waals surface area contributed by atoms with Crippen molar-refractivity contribution in [3.8, 4) is 23.3 Å². The van der Waals surface area contributed by atoms with Gasteiger partial charge in [0.05, 0.1) is 17.1 Å². The fourth-order valence-electron chi connectivity index (χ4n) is 7.96. The Morgan fingerprint density at radius 1 is 1.15 bits per heavy atom. The van der Waals surface area contributed by atoms with Crippen molar-refractivity contribution < 1.29 is 24.2 Å². The Bertz CT molecular complexity index is 1410. The highest BCUT2D eigenvalue weighted by molar-refractivity contribution is 5.94. The van der Waals surface area contributed by atoms with Crippen LogP contribution in [0, 0.1) is 17.8 Å². The van der Waals surface area contributed by atoms with Crippen LogP contribution in [0.1, 0.15) is 55.7 Å². The van der Waals surface area contributed by atoms with E-state index >= 15 is 0 Å². The summed E-state index contributed by atoms with van der Waals surface area (Å²) in [6.45, 7) is 3.28. The van der Waals surface area contributed by atoms with Crippen LogP contribution < -0.4 is 9.47 Å². The highest BCUT2D eigenvalue weighted by atomic mass is 16.6. The van der Waals surface area contributed by atoms with Gasteiger partial charge in [-0.25, -0.2) is 0 Å². The van der Waals surface area contributed by atoms with Crippen LogP contribution in [-0.2, 0) is 21.4 Å². The molecule has 39 heavy (non-hydrogen) atoms. The molecule has 1 N–H and O–H groups in total. The molecule has 1 amide bonds. The second-order valence-electron chi connectivity index (χ2n) is 12.0. The molecule has 2 aliphatic heterocycles. The fourth-order valence-corrected chi connectivity index (χ4v) is 7.96. The Kier molecular flexibility index (Phi) is 5.59. The molecule has 5 atom stereocenters. The smallest absolute Gasteiger partial charge is 0.308 e. The first-order valence-electron chi connectivity index (χ1n) is 14.1. The first-order valence-corrected chi connectivity index (χ1v) is 14.1. The lowest BCUT2D eigenvalue weighted by Crippen LogP contribution is -2.78. The van der Waals surface area contributed by atoms with Crippen molar-refractivity contribution in [2.24, 2.45) is 5.92 Å². The highest BCUT2D eigenvalue weighted by Gasteiger charge is 2.73.